The number of thiocarbonyl (C=S) groups is 1. The molecule has 1 atom stereocenters. The lowest BCUT2D eigenvalue weighted by Crippen LogP contribution is -2.44. The standard InChI is InChI=1S/C24H34N4O3S/c1-18-5-6-22-19(14-18)15-20(23(29)26-22)17-28(8-3-7-27-9-12-30-13-10-27)24(32)25-16-21-4-2-11-31-21/h5-6,14-15,21H,2-4,7-13,16-17H2,1H3,(H,25,32)(H,26,29). The van der Waals surface area contributed by atoms with E-state index in [1.54, 1.807) is 0 Å². The molecule has 2 aliphatic rings. The second-order valence-corrected chi connectivity index (χ2v) is 9.15. The van der Waals surface area contributed by atoms with Crippen molar-refractivity contribution in [3.8, 4) is 0 Å². The number of H-pyrrole nitrogens is 1. The number of aryl methyl sites for hydroxylation is 1. The van der Waals surface area contributed by atoms with E-state index in [2.05, 4.69) is 33.1 Å². The lowest BCUT2D eigenvalue weighted by Gasteiger charge is -2.30. The van der Waals surface area contributed by atoms with Gasteiger partial charge in [0.05, 0.1) is 25.9 Å². The first kappa shape index (κ1) is 23.2. The number of fused-ring (bicyclic) bond motifs is 1. The summed E-state index contributed by atoms with van der Waals surface area (Å²) in [6.07, 6.45) is 3.37. The van der Waals surface area contributed by atoms with E-state index in [-0.39, 0.29) is 11.7 Å². The molecule has 7 nitrogen and oxygen atoms in total. The minimum Gasteiger partial charge on any atom is -0.379 e. The van der Waals surface area contributed by atoms with Crippen LogP contribution < -0.4 is 10.9 Å². The Kier molecular flexibility index (Phi) is 8.13. The Hall–Kier alpha value is -2.00. The summed E-state index contributed by atoms with van der Waals surface area (Å²) in [6, 6.07) is 8.08. The van der Waals surface area contributed by atoms with E-state index >= 15 is 0 Å². The smallest absolute Gasteiger partial charge is 0.253 e. The van der Waals surface area contributed by atoms with Crippen molar-refractivity contribution < 1.29 is 9.47 Å². The van der Waals surface area contributed by atoms with E-state index in [1.165, 1.54) is 5.56 Å². The predicted molar refractivity (Wildman–Crippen MR) is 131 cm³/mol. The van der Waals surface area contributed by atoms with Crippen molar-refractivity contribution >= 4 is 28.2 Å². The van der Waals surface area contributed by atoms with Crippen LogP contribution in [-0.4, -0.2) is 78.5 Å². The number of aromatic nitrogens is 1. The first-order valence-electron chi connectivity index (χ1n) is 11.7. The number of aromatic amines is 1. The number of nitrogens with one attached hydrogen (secondary N) is 2. The molecule has 0 spiro atoms. The Morgan fingerprint density at radius 1 is 1.28 bits per heavy atom. The van der Waals surface area contributed by atoms with Crippen molar-refractivity contribution in [2.75, 3.05) is 52.5 Å². The quantitative estimate of drug-likeness (QED) is 0.589. The van der Waals surface area contributed by atoms with Crippen molar-refractivity contribution in [3.05, 3.63) is 45.7 Å². The number of morpholine rings is 1. The summed E-state index contributed by atoms with van der Waals surface area (Å²) in [6.45, 7) is 9.44. The van der Waals surface area contributed by atoms with Crippen LogP contribution in [0.4, 0.5) is 0 Å². The maximum atomic E-state index is 12.8. The zero-order chi connectivity index (χ0) is 22.3. The van der Waals surface area contributed by atoms with Crippen molar-refractivity contribution in [2.45, 2.75) is 38.8 Å². The monoisotopic (exact) mass is 458 g/mol. The van der Waals surface area contributed by atoms with E-state index in [4.69, 9.17) is 21.7 Å². The molecule has 3 heterocycles. The zero-order valence-electron chi connectivity index (χ0n) is 18.9. The highest BCUT2D eigenvalue weighted by Gasteiger charge is 2.19. The Balaban J connectivity index is 1.44. The van der Waals surface area contributed by atoms with Crippen LogP contribution in [0, 0.1) is 6.92 Å². The molecule has 1 aromatic heterocycles. The predicted octanol–water partition coefficient (Wildman–Crippen LogP) is 2.41. The first-order valence-corrected chi connectivity index (χ1v) is 12.1. The van der Waals surface area contributed by atoms with E-state index in [0.29, 0.717) is 18.2 Å². The van der Waals surface area contributed by atoms with Gasteiger partial charge in [0.1, 0.15) is 0 Å². The summed E-state index contributed by atoms with van der Waals surface area (Å²) in [4.78, 5) is 20.4. The van der Waals surface area contributed by atoms with Crippen molar-refractivity contribution in [1.82, 2.24) is 20.1 Å². The molecule has 1 unspecified atom stereocenters. The highest BCUT2D eigenvalue weighted by Crippen LogP contribution is 2.15. The molecule has 8 heteroatoms. The second-order valence-electron chi connectivity index (χ2n) is 8.76. The average Bonchev–Trinajstić information content (AvgIpc) is 3.32. The van der Waals surface area contributed by atoms with Gasteiger partial charge in [-0.25, -0.2) is 0 Å². The highest BCUT2D eigenvalue weighted by molar-refractivity contribution is 7.80. The van der Waals surface area contributed by atoms with E-state index in [1.807, 2.05) is 18.2 Å². The fraction of sp³-hybridized carbons (Fsp3) is 0.583. The van der Waals surface area contributed by atoms with Crippen LogP contribution in [0.15, 0.2) is 29.1 Å². The van der Waals surface area contributed by atoms with Crippen LogP contribution in [0.3, 0.4) is 0 Å². The third-order valence-electron chi connectivity index (χ3n) is 6.24. The number of nitrogens with zero attached hydrogens (tertiary/aromatic N) is 2. The van der Waals surface area contributed by atoms with Gasteiger partial charge < -0.3 is 24.7 Å². The van der Waals surface area contributed by atoms with E-state index < -0.39 is 0 Å². The molecule has 0 aliphatic carbocycles. The van der Waals surface area contributed by atoms with Gasteiger partial charge in [0.2, 0.25) is 0 Å². The van der Waals surface area contributed by atoms with Crippen molar-refractivity contribution in [3.63, 3.8) is 0 Å². The molecule has 2 saturated heterocycles. The summed E-state index contributed by atoms with van der Waals surface area (Å²) >= 11 is 5.75. The Labute approximate surface area is 195 Å². The molecule has 2 fully saturated rings. The third kappa shape index (κ3) is 6.28. The summed E-state index contributed by atoms with van der Waals surface area (Å²) < 4.78 is 11.2. The van der Waals surface area contributed by atoms with Gasteiger partial charge in [-0.15, -0.1) is 0 Å². The van der Waals surface area contributed by atoms with Crippen LogP contribution in [0.25, 0.3) is 10.9 Å². The van der Waals surface area contributed by atoms with Crippen LogP contribution in [-0.2, 0) is 16.0 Å². The van der Waals surface area contributed by atoms with E-state index in [9.17, 15) is 4.79 Å². The van der Waals surface area contributed by atoms with E-state index in [0.717, 1.165) is 81.7 Å². The highest BCUT2D eigenvalue weighted by atomic mass is 32.1. The van der Waals surface area contributed by atoms with Gasteiger partial charge in [0, 0.05) is 50.4 Å². The largest absolute Gasteiger partial charge is 0.379 e. The fourth-order valence-electron chi connectivity index (χ4n) is 4.37. The van der Waals surface area contributed by atoms with Gasteiger partial charge in [0.25, 0.3) is 5.56 Å². The Morgan fingerprint density at radius 3 is 2.91 bits per heavy atom. The van der Waals surface area contributed by atoms with Gasteiger partial charge >= 0.3 is 0 Å². The lowest BCUT2D eigenvalue weighted by atomic mass is 10.1. The Morgan fingerprint density at radius 2 is 2.12 bits per heavy atom. The van der Waals surface area contributed by atoms with Gasteiger partial charge in [-0.3, -0.25) is 9.69 Å². The topological polar surface area (TPSA) is 69.8 Å². The van der Waals surface area contributed by atoms with Crippen LogP contribution in [0.1, 0.15) is 30.4 Å². The summed E-state index contributed by atoms with van der Waals surface area (Å²) in [5, 5.41) is 5.12. The minimum atomic E-state index is -0.0542. The van der Waals surface area contributed by atoms with Gasteiger partial charge in [-0.1, -0.05) is 11.6 Å². The molecular weight excluding hydrogens is 424 g/mol. The molecule has 0 radical (unpaired) electrons. The van der Waals surface area contributed by atoms with Crippen LogP contribution in [0.2, 0.25) is 0 Å². The first-order chi connectivity index (χ1) is 15.6. The van der Waals surface area contributed by atoms with Gasteiger partial charge in [-0.2, -0.15) is 0 Å². The third-order valence-corrected chi connectivity index (χ3v) is 6.64. The molecule has 1 aromatic carbocycles. The zero-order valence-corrected chi connectivity index (χ0v) is 19.7. The number of hydrogen-bond donors (Lipinski definition) is 2. The maximum absolute atomic E-state index is 12.8. The molecule has 2 aliphatic heterocycles. The van der Waals surface area contributed by atoms with Gasteiger partial charge in [0.15, 0.2) is 5.11 Å². The molecule has 4 rings (SSSR count). The summed E-state index contributed by atoms with van der Waals surface area (Å²) in [7, 11) is 0. The maximum Gasteiger partial charge on any atom is 0.253 e. The molecule has 2 N–H and O–H groups in total. The molecule has 174 valence electrons. The SMILES string of the molecule is Cc1ccc2[nH]c(=O)c(CN(CCCN3CCOCC3)C(=S)NCC3CCCO3)cc2c1. The van der Waals surface area contributed by atoms with Crippen LogP contribution in [0.5, 0.6) is 0 Å². The van der Waals surface area contributed by atoms with Crippen LogP contribution >= 0.6 is 12.2 Å². The number of rotatable bonds is 8. The number of pyridine rings is 1. The molecule has 0 amide bonds. The summed E-state index contributed by atoms with van der Waals surface area (Å²) in [5.74, 6) is 0. The molecule has 0 bridgehead atoms. The number of hydrogen-bond acceptors (Lipinski definition) is 5. The van der Waals surface area contributed by atoms with Crippen molar-refractivity contribution in [1.29, 1.82) is 0 Å². The molecule has 0 saturated carbocycles. The minimum absolute atomic E-state index is 0.0542. The number of ether oxygens (including phenoxy) is 2. The number of benzene rings is 1. The lowest BCUT2D eigenvalue weighted by molar-refractivity contribution is 0.0367. The Bertz CT molecular complexity index is 967. The summed E-state index contributed by atoms with van der Waals surface area (Å²) in [5.41, 5.74) is 2.71. The van der Waals surface area contributed by atoms with Gasteiger partial charge in [-0.05, 0) is 62.0 Å². The molecule has 32 heavy (non-hydrogen) atoms. The second kappa shape index (κ2) is 11.2. The molecular formula is C24H34N4O3S. The van der Waals surface area contributed by atoms with Crippen molar-refractivity contribution in [2.24, 2.45) is 0 Å². The average molecular weight is 459 g/mol. The normalized spacial score (nSPS) is 19.3. The fourth-order valence-corrected chi connectivity index (χ4v) is 4.61. The molecule has 2 aromatic rings.